The molecule has 94 valence electrons. The maximum atomic E-state index is 4.39. The summed E-state index contributed by atoms with van der Waals surface area (Å²) in [5, 5.41) is 3.54. The first-order valence-electron chi connectivity index (χ1n) is 6.56. The molecule has 1 aromatic heterocycles. The van der Waals surface area contributed by atoms with E-state index in [1.165, 1.54) is 12.8 Å². The molecule has 2 rings (SSSR count). The lowest BCUT2D eigenvalue weighted by Crippen LogP contribution is -2.38. The minimum atomic E-state index is 0.622. The maximum Gasteiger partial charge on any atom is 0.132 e. The van der Waals surface area contributed by atoms with Crippen LogP contribution >= 0.6 is 0 Å². The molecule has 2 heterocycles. The second-order valence-corrected chi connectivity index (χ2v) is 4.76. The van der Waals surface area contributed by atoms with Crippen molar-refractivity contribution < 1.29 is 0 Å². The predicted octanol–water partition coefficient (Wildman–Crippen LogP) is 1.75. The number of hydrogen-bond donors (Lipinski definition) is 1. The normalized spacial score (nSPS) is 19.5. The molecule has 0 saturated carbocycles. The van der Waals surface area contributed by atoms with Crippen molar-refractivity contribution in [2.45, 2.75) is 39.2 Å². The summed E-state index contributed by atoms with van der Waals surface area (Å²) in [5.41, 5.74) is 1.04. The van der Waals surface area contributed by atoms with Gasteiger partial charge >= 0.3 is 0 Å². The van der Waals surface area contributed by atoms with Crippen LogP contribution in [0.25, 0.3) is 0 Å². The van der Waals surface area contributed by atoms with Crippen LogP contribution < -0.4 is 10.2 Å². The fraction of sp³-hybridized carbons (Fsp3) is 0.692. The highest BCUT2D eigenvalue weighted by atomic mass is 15.2. The van der Waals surface area contributed by atoms with Crippen LogP contribution in [-0.4, -0.2) is 35.6 Å². The molecule has 0 bridgehead atoms. The number of aryl methyl sites for hydroxylation is 1. The van der Waals surface area contributed by atoms with E-state index in [1.807, 2.05) is 6.92 Å². The van der Waals surface area contributed by atoms with Gasteiger partial charge < -0.3 is 10.2 Å². The zero-order valence-corrected chi connectivity index (χ0v) is 10.8. The molecule has 0 spiro atoms. The van der Waals surface area contributed by atoms with Crippen LogP contribution in [0.15, 0.2) is 12.4 Å². The van der Waals surface area contributed by atoms with Crippen LogP contribution in [0.2, 0.25) is 0 Å². The van der Waals surface area contributed by atoms with Crippen molar-refractivity contribution in [1.29, 1.82) is 0 Å². The SMILES string of the molecule is CCCN(CC1CCCN1)c1cc(C)ncn1. The molecular formula is C13H22N4. The lowest BCUT2D eigenvalue weighted by Gasteiger charge is -2.26. The number of hydrogen-bond acceptors (Lipinski definition) is 4. The molecule has 0 radical (unpaired) electrons. The molecule has 4 heteroatoms. The van der Waals surface area contributed by atoms with Gasteiger partial charge in [0.1, 0.15) is 12.1 Å². The van der Waals surface area contributed by atoms with Crippen molar-refractivity contribution in [2.75, 3.05) is 24.5 Å². The Hall–Kier alpha value is -1.16. The Bertz CT molecular complexity index is 347. The molecule has 0 aromatic carbocycles. The summed E-state index contributed by atoms with van der Waals surface area (Å²) in [6.07, 6.45) is 5.39. The summed E-state index contributed by atoms with van der Waals surface area (Å²) in [6, 6.07) is 2.70. The van der Waals surface area contributed by atoms with E-state index in [4.69, 9.17) is 0 Å². The Morgan fingerprint density at radius 2 is 2.35 bits per heavy atom. The number of nitrogens with one attached hydrogen (secondary N) is 1. The third-order valence-electron chi connectivity index (χ3n) is 3.21. The van der Waals surface area contributed by atoms with Crippen molar-refractivity contribution in [1.82, 2.24) is 15.3 Å². The Balaban J connectivity index is 2.04. The van der Waals surface area contributed by atoms with E-state index in [0.717, 1.165) is 37.6 Å². The van der Waals surface area contributed by atoms with Gasteiger partial charge in [0.05, 0.1) is 0 Å². The molecule has 17 heavy (non-hydrogen) atoms. The standard InChI is InChI=1S/C13H22N4/c1-3-7-17(9-12-5-4-6-14-12)13-8-11(2)15-10-16-13/h8,10,12,14H,3-7,9H2,1-2H3. The van der Waals surface area contributed by atoms with Gasteiger partial charge in [-0.1, -0.05) is 6.92 Å². The van der Waals surface area contributed by atoms with E-state index in [-0.39, 0.29) is 0 Å². The first-order valence-corrected chi connectivity index (χ1v) is 6.56. The van der Waals surface area contributed by atoms with Gasteiger partial charge in [-0.05, 0) is 32.7 Å². The zero-order valence-electron chi connectivity index (χ0n) is 10.8. The quantitative estimate of drug-likeness (QED) is 0.843. The predicted molar refractivity (Wildman–Crippen MR) is 70.3 cm³/mol. The molecular weight excluding hydrogens is 212 g/mol. The first-order chi connectivity index (χ1) is 8.29. The molecule has 1 unspecified atom stereocenters. The average molecular weight is 234 g/mol. The van der Waals surface area contributed by atoms with Gasteiger partial charge in [-0.25, -0.2) is 9.97 Å². The van der Waals surface area contributed by atoms with Crippen molar-refractivity contribution in [3.63, 3.8) is 0 Å². The monoisotopic (exact) mass is 234 g/mol. The fourth-order valence-corrected chi connectivity index (χ4v) is 2.36. The van der Waals surface area contributed by atoms with Crippen LogP contribution in [0.5, 0.6) is 0 Å². The largest absolute Gasteiger partial charge is 0.355 e. The molecule has 1 N–H and O–H groups in total. The Morgan fingerprint density at radius 3 is 3.00 bits per heavy atom. The summed E-state index contributed by atoms with van der Waals surface area (Å²) in [4.78, 5) is 10.9. The number of anilines is 1. The summed E-state index contributed by atoms with van der Waals surface area (Å²) in [7, 11) is 0. The van der Waals surface area contributed by atoms with E-state index in [2.05, 4.69) is 33.2 Å². The molecule has 0 amide bonds. The van der Waals surface area contributed by atoms with Gasteiger partial charge in [-0.2, -0.15) is 0 Å². The van der Waals surface area contributed by atoms with E-state index in [9.17, 15) is 0 Å². The van der Waals surface area contributed by atoms with Crippen LogP contribution in [-0.2, 0) is 0 Å². The molecule has 1 saturated heterocycles. The highest BCUT2D eigenvalue weighted by Gasteiger charge is 2.18. The third-order valence-corrected chi connectivity index (χ3v) is 3.21. The summed E-state index contributed by atoms with van der Waals surface area (Å²) in [5.74, 6) is 1.06. The molecule has 4 nitrogen and oxygen atoms in total. The van der Waals surface area contributed by atoms with Gasteiger partial charge in [0.25, 0.3) is 0 Å². The molecule has 1 aliphatic rings. The van der Waals surface area contributed by atoms with Gasteiger partial charge in [0, 0.05) is 30.9 Å². The van der Waals surface area contributed by atoms with E-state index < -0.39 is 0 Å². The summed E-state index contributed by atoms with van der Waals surface area (Å²) in [6.45, 7) is 7.51. The summed E-state index contributed by atoms with van der Waals surface area (Å²) >= 11 is 0. The minimum absolute atomic E-state index is 0.622. The Kier molecular flexibility index (Phi) is 4.31. The number of rotatable bonds is 5. The average Bonchev–Trinajstić information content (AvgIpc) is 2.81. The van der Waals surface area contributed by atoms with E-state index >= 15 is 0 Å². The van der Waals surface area contributed by atoms with Gasteiger partial charge in [0.15, 0.2) is 0 Å². The Morgan fingerprint density at radius 1 is 1.47 bits per heavy atom. The second-order valence-electron chi connectivity index (χ2n) is 4.76. The van der Waals surface area contributed by atoms with Gasteiger partial charge in [0.2, 0.25) is 0 Å². The van der Waals surface area contributed by atoms with E-state index in [0.29, 0.717) is 6.04 Å². The smallest absolute Gasteiger partial charge is 0.132 e. The van der Waals surface area contributed by atoms with Crippen LogP contribution in [0, 0.1) is 6.92 Å². The third kappa shape index (κ3) is 3.40. The van der Waals surface area contributed by atoms with Crippen molar-refractivity contribution in [2.24, 2.45) is 0 Å². The molecule has 0 aliphatic carbocycles. The van der Waals surface area contributed by atoms with Crippen LogP contribution in [0.3, 0.4) is 0 Å². The molecule has 1 atom stereocenters. The van der Waals surface area contributed by atoms with Crippen molar-refractivity contribution >= 4 is 5.82 Å². The topological polar surface area (TPSA) is 41.0 Å². The molecule has 1 aromatic rings. The maximum absolute atomic E-state index is 4.39. The highest BCUT2D eigenvalue weighted by molar-refractivity contribution is 5.38. The lowest BCUT2D eigenvalue weighted by atomic mass is 10.2. The number of aromatic nitrogens is 2. The fourth-order valence-electron chi connectivity index (χ4n) is 2.36. The van der Waals surface area contributed by atoms with Gasteiger partial charge in [-0.3, -0.25) is 0 Å². The van der Waals surface area contributed by atoms with Gasteiger partial charge in [-0.15, -0.1) is 0 Å². The van der Waals surface area contributed by atoms with Crippen molar-refractivity contribution in [3.8, 4) is 0 Å². The second kappa shape index (κ2) is 5.96. The van der Waals surface area contributed by atoms with Crippen LogP contribution in [0.1, 0.15) is 31.9 Å². The molecule has 1 aliphatic heterocycles. The number of nitrogens with zero attached hydrogens (tertiary/aromatic N) is 3. The molecule has 1 fully saturated rings. The van der Waals surface area contributed by atoms with Crippen molar-refractivity contribution in [3.05, 3.63) is 18.1 Å². The van der Waals surface area contributed by atoms with E-state index in [1.54, 1.807) is 6.33 Å². The summed E-state index contributed by atoms with van der Waals surface area (Å²) < 4.78 is 0. The first kappa shape index (κ1) is 12.3. The Labute approximate surface area is 103 Å². The highest BCUT2D eigenvalue weighted by Crippen LogP contribution is 2.14. The van der Waals surface area contributed by atoms with Crippen LogP contribution in [0.4, 0.5) is 5.82 Å². The minimum Gasteiger partial charge on any atom is -0.355 e. The zero-order chi connectivity index (χ0) is 12.1. The lowest BCUT2D eigenvalue weighted by molar-refractivity contribution is 0.575.